The minimum Gasteiger partial charge on any atom is -0.224 e. The second-order valence-corrected chi connectivity index (χ2v) is 6.58. The van der Waals surface area contributed by atoms with Crippen molar-refractivity contribution in [3.05, 3.63) is 11.0 Å². The van der Waals surface area contributed by atoms with E-state index in [1.165, 1.54) is 5.41 Å². The normalized spacial score (nSPS) is 14.5. The fraction of sp³-hybridized carbons (Fsp3) is 0.818. The molecular weight excluding hydrogens is 196 g/mol. The summed E-state index contributed by atoms with van der Waals surface area (Å²) in [6.07, 6.45) is 1.48. The lowest BCUT2D eigenvalue weighted by molar-refractivity contribution is 0.488. The molecule has 0 N–H and O–H groups in total. The third-order valence-corrected chi connectivity index (χ3v) is 3.78. The van der Waals surface area contributed by atoms with Gasteiger partial charge in [-0.2, -0.15) is 0 Å². The van der Waals surface area contributed by atoms with Crippen LogP contribution in [0.3, 0.4) is 0 Å². The second kappa shape index (κ2) is 4.96. The first-order chi connectivity index (χ1) is 6.23. The van der Waals surface area contributed by atoms with Gasteiger partial charge in [0.05, 0.1) is 5.75 Å². The van der Waals surface area contributed by atoms with Crippen LogP contribution in [0.2, 0.25) is 0 Å². The number of hydrogen-bond donors (Lipinski definition) is 0. The molecule has 0 saturated carbocycles. The molecule has 0 bridgehead atoms. The van der Waals surface area contributed by atoms with Crippen LogP contribution in [-0.2, 0) is 9.84 Å². The Labute approximate surface area is 88.3 Å². The van der Waals surface area contributed by atoms with Crippen LogP contribution in [-0.4, -0.2) is 14.2 Å². The molecule has 0 aliphatic carbocycles. The lowest BCUT2D eigenvalue weighted by atomic mass is 9.86. The van der Waals surface area contributed by atoms with Crippen LogP contribution >= 0.6 is 0 Å². The highest BCUT2D eigenvalue weighted by molar-refractivity contribution is 7.94. The van der Waals surface area contributed by atoms with E-state index in [9.17, 15) is 8.42 Å². The Balaban J connectivity index is 4.96. The average molecular weight is 218 g/mol. The maximum absolute atomic E-state index is 11.6. The molecule has 0 amide bonds. The monoisotopic (exact) mass is 218 g/mol. The molecule has 0 radical (unpaired) electrons. The molecule has 0 atom stereocenters. The molecule has 0 aliphatic heterocycles. The van der Waals surface area contributed by atoms with Crippen molar-refractivity contribution in [1.29, 1.82) is 0 Å². The quantitative estimate of drug-likeness (QED) is 0.726. The average Bonchev–Trinajstić information content (AvgIpc) is 1.98. The van der Waals surface area contributed by atoms with Gasteiger partial charge in [-0.25, -0.2) is 8.42 Å². The highest BCUT2D eigenvalue weighted by Gasteiger charge is 2.18. The summed E-state index contributed by atoms with van der Waals surface area (Å²) in [5.41, 5.74) is 0.959. The smallest absolute Gasteiger partial charge is 0.171 e. The number of sulfone groups is 1. The van der Waals surface area contributed by atoms with Gasteiger partial charge in [-0.05, 0) is 18.3 Å². The number of allylic oxidation sites excluding steroid dienone is 1. The number of hydrogen-bond acceptors (Lipinski definition) is 2. The molecule has 0 rings (SSSR count). The fourth-order valence-corrected chi connectivity index (χ4v) is 2.99. The zero-order valence-electron chi connectivity index (χ0n) is 9.92. The molecule has 0 unspecified atom stereocenters. The van der Waals surface area contributed by atoms with Gasteiger partial charge in [0.25, 0.3) is 0 Å². The van der Waals surface area contributed by atoms with E-state index in [4.69, 9.17) is 0 Å². The van der Waals surface area contributed by atoms with Gasteiger partial charge in [0.2, 0.25) is 0 Å². The van der Waals surface area contributed by atoms with Gasteiger partial charge in [0.15, 0.2) is 9.84 Å². The summed E-state index contributed by atoms with van der Waals surface area (Å²) in [4.78, 5) is 0. The van der Waals surface area contributed by atoms with Crippen molar-refractivity contribution in [3.8, 4) is 0 Å². The van der Waals surface area contributed by atoms with Gasteiger partial charge in [-0.1, -0.05) is 40.2 Å². The van der Waals surface area contributed by atoms with Gasteiger partial charge in [0, 0.05) is 5.41 Å². The fourth-order valence-electron chi connectivity index (χ4n) is 1.35. The van der Waals surface area contributed by atoms with Crippen molar-refractivity contribution in [2.45, 2.75) is 47.5 Å². The predicted octanol–water partition coefficient (Wildman–Crippen LogP) is 3.15. The Bertz CT molecular complexity index is 292. The van der Waals surface area contributed by atoms with E-state index in [0.717, 1.165) is 12.0 Å². The van der Waals surface area contributed by atoms with Crippen molar-refractivity contribution in [3.63, 3.8) is 0 Å². The van der Waals surface area contributed by atoms with Crippen LogP contribution < -0.4 is 0 Å². The molecule has 3 heteroatoms. The van der Waals surface area contributed by atoms with E-state index in [1.54, 1.807) is 0 Å². The molecule has 0 fully saturated rings. The molecule has 0 spiro atoms. The van der Waals surface area contributed by atoms with Crippen LogP contribution in [0.4, 0.5) is 0 Å². The highest BCUT2D eigenvalue weighted by atomic mass is 32.2. The zero-order chi connectivity index (χ0) is 11.4. The zero-order valence-corrected chi connectivity index (χ0v) is 10.7. The SMILES string of the molecule is CCCS(=O)(=O)/C=C(/CC)C(C)(C)C. The molecular formula is C11H22O2S. The maximum atomic E-state index is 11.6. The van der Waals surface area contributed by atoms with Crippen molar-refractivity contribution < 1.29 is 8.42 Å². The Morgan fingerprint density at radius 3 is 2.00 bits per heavy atom. The Kier molecular flexibility index (Phi) is 4.85. The van der Waals surface area contributed by atoms with Gasteiger partial charge >= 0.3 is 0 Å². The van der Waals surface area contributed by atoms with Crippen molar-refractivity contribution >= 4 is 9.84 Å². The first-order valence-corrected chi connectivity index (χ1v) is 6.88. The standard InChI is InChI=1S/C11H22O2S/c1-6-8-14(12,13)9-10(7-2)11(3,4)5/h9H,6-8H2,1-5H3/b10-9-. The third-order valence-electron chi connectivity index (χ3n) is 2.15. The minimum absolute atomic E-state index is 0.0461. The lowest BCUT2D eigenvalue weighted by Crippen LogP contribution is -2.12. The topological polar surface area (TPSA) is 34.1 Å². The molecule has 14 heavy (non-hydrogen) atoms. The summed E-state index contributed by atoms with van der Waals surface area (Å²) in [6.45, 7) is 10.0. The summed E-state index contributed by atoms with van der Waals surface area (Å²) >= 11 is 0. The van der Waals surface area contributed by atoms with E-state index in [0.29, 0.717) is 6.42 Å². The van der Waals surface area contributed by atoms with E-state index >= 15 is 0 Å². The Morgan fingerprint density at radius 2 is 1.71 bits per heavy atom. The van der Waals surface area contributed by atoms with Crippen molar-refractivity contribution in [1.82, 2.24) is 0 Å². The summed E-state index contributed by atoms with van der Waals surface area (Å²) < 4.78 is 23.1. The van der Waals surface area contributed by atoms with Gasteiger partial charge in [-0.3, -0.25) is 0 Å². The van der Waals surface area contributed by atoms with Crippen molar-refractivity contribution in [2.75, 3.05) is 5.75 Å². The van der Waals surface area contributed by atoms with Gasteiger partial charge in [0.1, 0.15) is 0 Å². The summed E-state index contributed by atoms with van der Waals surface area (Å²) in [6, 6.07) is 0. The predicted molar refractivity (Wildman–Crippen MR) is 61.9 cm³/mol. The minimum atomic E-state index is -2.99. The molecule has 0 heterocycles. The summed E-state index contributed by atoms with van der Waals surface area (Å²) in [5, 5.41) is 1.47. The maximum Gasteiger partial charge on any atom is 0.171 e. The lowest BCUT2D eigenvalue weighted by Gasteiger charge is -2.21. The van der Waals surface area contributed by atoms with Crippen molar-refractivity contribution in [2.24, 2.45) is 5.41 Å². The molecule has 0 aliphatic rings. The first-order valence-electron chi connectivity index (χ1n) is 5.16. The highest BCUT2D eigenvalue weighted by Crippen LogP contribution is 2.28. The Hall–Kier alpha value is -0.310. The van der Waals surface area contributed by atoms with Crippen LogP contribution in [0.5, 0.6) is 0 Å². The molecule has 0 aromatic carbocycles. The largest absolute Gasteiger partial charge is 0.224 e. The van der Waals surface area contributed by atoms with Gasteiger partial charge < -0.3 is 0 Å². The molecule has 2 nitrogen and oxygen atoms in total. The van der Waals surface area contributed by atoms with E-state index < -0.39 is 9.84 Å². The van der Waals surface area contributed by atoms with Crippen LogP contribution in [0.25, 0.3) is 0 Å². The van der Waals surface area contributed by atoms with Gasteiger partial charge in [-0.15, -0.1) is 0 Å². The third kappa shape index (κ3) is 4.80. The van der Waals surface area contributed by atoms with Crippen LogP contribution in [0, 0.1) is 5.41 Å². The Morgan fingerprint density at radius 1 is 1.21 bits per heavy atom. The molecule has 0 saturated heterocycles. The van der Waals surface area contributed by atoms with Crippen LogP contribution in [0.15, 0.2) is 11.0 Å². The van der Waals surface area contributed by atoms with E-state index in [2.05, 4.69) is 0 Å². The molecule has 84 valence electrons. The first kappa shape index (κ1) is 13.7. The van der Waals surface area contributed by atoms with Crippen LogP contribution in [0.1, 0.15) is 47.5 Å². The molecule has 0 aromatic rings. The summed E-state index contributed by atoms with van der Waals surface area (Å²) in [7, 11) is -2.99. The van der Waals surface area contributed by atoms with E-state index in [1.807, 2.05) is 34.6 Å². The number of rotatable bonds is 4. The summed E-state index contributed by atoms with van der Waals surface area (Å²) in [5.74, 6) is 0.257. The molecule has 0 aromatic heterocycles. The van der Waals surface area contributed by atoms with E-state index in [-0.39, 0.29) is 11.2 Å². The second-order valence-electron chi connectivity index (χ2n) is 4.61.